The zero-order valence-corrected chi connectivity index (χ0v) is 13.8. The van der Waals surface area contributed by atoms with E-state index in [-0.39, 0.29) is 0 Å². The molecule has 0 spiro atoms. The van der Waals surface area contributed by atoms with Crippen molar-refractivity contribution in [1.82, 2.24) is 5.32 Å². The number of anilines is 1. The van der Waals surface area contributed by atoms with Crippen molar-refractivity contribution in [3.05, 3.63) is 59.7 Å². The Balaban J connectivity index is 1.85. The first kappa shape index (κ1) is 16.8. The van der Waals surface area contributed by atoms with Crippen LogP contribution in [0.3, 0.4) is 0 Å². The van der Waals surface area contributed by atoms with Gasteiger partial charge in [0.2, 0.25) is 0 Å². The van der Waals surface area contributed by atoms with Crippen molar-refractivity contribution in [1.29, 1.82) is 5.26 Å². The Morgan fingerprint density at radius 1 is 1.17 bits per heavy atom. The maximum Gasteiger partial charge on any atom is 0.171 e. The van der Waals surface area contributed by atoms with Crippen molar-refractivity contribution in [2.75, 3.05) is 11.9 Å². The number of hydrogen-bond donors (Lipinski definition) is 2. The third-order valence-corrected chi connectivity index (χ3v) is 3.40. The van der Waals surface area contributed by atoms with Crippen molar-refractivity contribution in [3.63, 3.8) is 0 Å². The smallest absolute Gasteiger partial charge is 0.171 e. The van der Waals surface area contributed by atoms with Gasteiger partial charge in [0, 0.05) is 12.2 Å². The highest BCUT2D eigenvalue weighted by molar-refractivity contribution is 7.80. The number of nitrogens with one attached hydrogen (secondary N) is 2. The molecule has 4 nitrogen and oxygen atoms in total. The third kappa shape index (κ3) is 5.61. The van der Waals surface area contributed by atoms with Crippen LogP contribution in [0.15, 0.2) is 48.5 Å². The molecule has 2 aromatic rings. The molecule has 23 heavy (non-hydrogen) atoms. The van der Waals surface area contributed by atoms with E-state index in [1.54, 1.807) is 0 Å². The van der Waals surface area contributed by atoms with Crippen molar-refractivity contribution in [2.45, 2.75) is 19.9 Å². The maximum atomic E-state index is 8.66. The fourth-order valence-electron chi connectivity index (χ4n) is 2.07. The fourth-order valence-corrected chi connectivity index (χ4v) is 2.26. The van der Waals surface area contributed by atoms with E-state index in [0.29, 0.717) is 24.7 Å². The quantitative estimate of drug-likeness (QED) is 0.794. The molecule has 118 valence electrons. The van der Waals surface area contributed by atoms with Crippen molar-refractivity contribution < 1.29 is 4.74 Å². The van der Waals surface area contributed by atoms with E-state index in [9.17, 15) is 0 Å². The second-order valence-electron chi connectivity index (χ2n) is 4.92. The minimum atomic E-state index is 0.416. The van der Waals surface area contributed by atoms with Gasteiger partial charge in [-0.15, -0.1) is 0 Å². The molecule has 0 aliphatic heterocycles. The van der Waals surface area contributed by atoms with Crippen LogP contribution in [0.2, 0.25) is 0 Å². The predicted molar refractivity (Wildman–Crippen MR) is 96.4 cm³/mol. The van der Waals surface area contributed by atoms with Crippen LogP contribution in [-0.4, -0.2) is 11.7 Å². The van der Waals surface area contributed by atoms with E-state index >= 15 is 0 Å². The van der Waals surface area contributed by atoms with Gasteiger partial charge in [-0.25, -0.2) is 0 Å². The predicted octanol–water partition coefficient (Wildman–Crippen LogP) is 3.64. The minimum Gasteiger partial charge on any atom is -0.494 e. The van der Waals surface area contributed by atoms with Gasteiger partial charge in [-0.05, 0) is 54.5 Å². The van der Waals surface area contributed by atoms with E-state index < -0.39 is 0 Å². The van der Waals surface area contributed by atoms with Gasteiger partial charge in [0.25, 0.3) is 0 Å². The summed E-state index contributed by atoms with van der Waals surface area (Å²) in [5, 5.41) is 15.5. The lowest BCUT2D eigenvalue weighted by Crippen LogP contribution is -2.27. The van der Waals surface area contributed by atoms with Crippen LogP contribution in [0.5, 0.6) is 5.75 Å². The molecule has 0 aliphatic rings. The Bertz CT molecular complexity index is 692. The molecular weight excluding hydrogens is 306 g/mol. The van der Waals surface area contributed by atoms with E-state index in [1.807, 2.05) is 55.5 Å². The summed E-state index contributed by atoms with van der Waals surface area (Å²) < 4.78 is 5.48. The molecule has 2 rings (SSSR count). The summed E-state index contributed by atoms with van der Waals surface area (Å²) in [7, 11) is 0. The van der Waals surface area contributed by atoms with Gasteiger partial charge >= 0.3 is 0 Å². The molecule has 0 radical (unpaired) electrons. The molecule has 0 saturated carbocycles. The van der Waals surface area contributed by atoms with Crippen LogP contribution in [0.1, 0.15) is 18.1 Å². The summed E-state index contributed by atoms with van der Waals surface area (Å²) in [4.78, 5) is 0. The Morgan fingerprint density at radius 2 is 1.96 bits per heavy atom. The molecule has 0 aromatic heterocycles. The normalized spacial score (nSPS) is 9.74. The molecule has 0 fully saturated rings. The molecule has 2 N–H and O–H groups in total. The highest BCUT2D eigenvalue weighted by Crippen LogP contribution is 2.13. The second-order valence-corrected chi connectivity index (χ2v) is 5.33. The Labute approximate surface area is 142 Å². The molecule has 0 unspecified atom stereocenters. The summed E-state index contributed by atoms with van der Waals surface area (Å²) >= 11 is 5.30. The fraction of sp³-hybridized carbons (Fsp3) is 0.222. The first-order chi connectivity index (χ1) is 11.2. The zero-order chi connectivity index (χ0) is 16.5. The largest absolute Gasteiger partial charge is 0.494 e. The van der Waals surface area contributed by atoms with Crippen molar-refractivity contribution in [3.8, 4) is 11.8 Å². The number of benzene rings is 2. The van der Waals surface area contributed by atoms with E-state index in [1.165, 1.54) is 0 Å². The molecule has 2 aromatic carbocycles. The second kappa shape index (κ2) is 8.76. The van der Waals surface area contributed by atoms with Gasteiger partial charge in [-0.1, -0.05) is 24.3 Å². The van der Waals surface area contributed by atoms with Crippen LogP contribution in [0, 0.1) is 11.3 Å². The average Bonchev–Trinajstić information content (AvgIpc) is 2.56. The Hall–Kier alpha value is -2.58. The van der Waals surface area contributed by atoms with E-state index in [0.717, 1.165) is 22.6 Å². The van der Waals surface area contributed by atoms with Gasteiger partial charge in [0.05, 0.1) is 19.1 Å². The van der Waals surface area contributed by atoms with Gasteiger partial charge in [0.1, 0.15) is 5.75 Å². The summed E-state index contributed by atoms with van der Waals surface area (Å²) in [5.74, 6) is 0.860. The van der Waals surface area contributed by atoms with Gasteiger partial charge in [-0.2, -0.15) is 5.26 Å². The summed E-state index contributed by atoms with van der Waals surface area (Å²) in [6.45, 7) is 3.24. The molecule has 0 aliphatic carbocycles. The SMILES string of the molecule is CCOc1cccc(CNC(=S)Nc2ccc(CC#N)cc2)c1. The molecule has 5 heteroatoms. The van der Waals surface area contributed by atoms with Crippen LogP contribution < -0.4 is 15.4 Å². The third-order valence-electron chi connectivity index (χ3n) is 3.16. The van der Waals surface area contributed by atoms with Crippen molar-refractivity contribution in [2.24, 2.45) is 0 Å². The van der Waals surface area contributed by atoms with Gasteiger partial charge < -0.3 is 15.4 Å². The van der Waals surface area contributed by atoms with Crippen LogP contribution >= 0.6 is 12.2 Å². The Kier molecular flexibility index (Phi) is 6.40. The van der Waals surface area contributed by atoms with Crippen LogP contribution in [-0.2, 0) is 13.0 Å². The standard InChI is InChI=1S/C18H19N3OS/c1-2-22-17-5-3-4-15(12-17)13-20-18(23)21-16-8-6-14(7-9-16)10-11-19/h3-9,12H,2,10,13H2,1H3,(H2,20,21,23). The van der Waals surface area contributed by atoms with Gasteiger partial charge in [-0.3, -0.25) is 0 Å². The summed E-state index contributed by atoms with van der Waals surface area (Å²) in [6, 6.07) is 17.7. The molecule has 0 bridgehead atoms. The van der Waals surface area contributed by atoms with E-state index in [2.05, 4.69) is 16.7 Å². The highest BCUT2D eigenvalue weighted by atomic mass is 32.1. The lowest BCUT2D eigenvalue weighted by atomic mass is 10.1. The average molecular weight is 325 g/mol. The van der Waals surface area contributed by atoms with Crippen molar-refractivity contribution >= 4 is 23.0 Å². The number of rotatable bonds is 6. The monoisotopic (exact) mass is 325 g/mol. The summed E-state index contributed by atoms with van der Waals surface area (Å²) in [6.07, 6.45) is 0.416. The number of nitriles is 1. The minimum absolute atomic E-state index is 0.416. The molecule has 0 saturated heterocycles. The van der Waals surface area contributed by atoms with Gasteiger partial charge in [0.15, 0.2) is 5.11 Å². The first-order valence-electron chi connectivity index (χ1n) is 7.43. The number of thiocarbonyl (C=S) groups is 1. The van der Waals surface area contributed by atoms with E-state index in [4.69, 9.17) is 22.2 Å². The summed E-state index contributed by atoms with van der Waals surface area (Å²) in [5.41, 5.74) is 2.99. The number of ether oxygens (including phenoxy) is 1. The van der Waals surface area contributed by atoms with Crippen LogP contribution in [0.25, 0.3) is 0 Å². The lowest BCUT2D eigenvalue weighted by molar-refractivity contribution is 0.340. The topological polar surface area (TPSA) is 57.1 Å². The highest BCUT2D eigenvalue weighted by Gasteiger charge is 2.00. The Morgan fingerprint density at radius 3 is 2.65 bits per heavy atom. The zero-order valence-electron chi connectivity index (χ0n) is 13.0. The molecule has 0 heterocycles. The molecule has 0 atom stereocenters. The number of nitrogens with zero attached hydrogens (tertiary/aromatic N) is 1. The first-order valence-corrected chi connectivity index (χ1v) is 7.84. The molecule has 0 amide bonds. The molecular formula is C18H19N3OS. The van der Waals surface area contributed by atoms with Crippen LogP contribution in [0.4, 0.5) is 5.69 Å². The maximum absolute atomic E-state index is 8.66. The lowest BCUT2D eigenvalue weighted by Gasteiger charge is -2.11. The number of hydrogen-bond acceptors (Lipinski definition) is 3.